The predicted molar refractivity (Wildman–Crippen MR) is 60.4 cm³/mol. The molecule has 0 aromatic carbocycles. The number of furan rings is 1. The van der Waals surface area contributed by atoms with Crippen molar-refractivity contribution in [1.82, 2.24) is 10.2 Å². The monoisotopic (exact) mass is 240 g/mol. The Bertz CT molecular complexity index is 375. The molecule has 1 atom stereocenters. The highest BCUT2D eigenvalue weighted by Crippen LogP contribution is 1.99. The van der Waals surface area contributed by atoms with Gasteiger partial charge in [-0.3, -0.25) is 19.8 Å². The summed E-state index contributed by atoms with van der Waals surface area (Å²) in [6, 6.07) is 2.90. The number of rotatable bonds is 5. The summed E-state index contributed by atoms with van der Waals surface area (Å²) in [4.78, 5) is 24.6. The molecule has 1 aromatic heterocycles. The summed E-state index contributed by atoms with van der Waals surface area (Å²) in [5, 5.41) is 11.1. The molecule has 0 aliphatic heterocycles. The Labute approximate surface area is 99.2 Å². The molecule has 0 bridgehead atoms. The number of carbonyl (C=O) groups is 2. The topological polar surface area (TPSA) is 82.8 Å². The number of carbonyl (C=O) groups excluding carboxylic acids is 2. The number of hydrogen-bond donors (Lipinski definition) is 2. The average Bonchev–Trinajstić information content (AvgIpc) is 2.80. The lowest BCUT2D eigenvalue weighted by atomic mass is 10.3. The molecule has 1 aromatic rings. The van der Waals surface area contributed by atoms with Gasteiger partial charge in [0.2, 0.25) is 5.91 Å². The van der Waals surface area contributed by atoms with E-state index in [-0.39, 0.29) is 25.0 Å². The van der Waals surface area contributed by atoms with E-state index >= 15 is 0 Å². The van der Waals surface area contributed by atoms with Crippen LogP contribution in [-0.2, 0) is 4.79 Å². The minimum absolute atomic E-state index is 0.0359. The molecular formula is C11H16N2O4. The number of aliphatic hydroxyl groups is 1. The van der Waals surface area contributed by atoms with Crippen LogP contribution in [0.1, 0.15) is 17.5 Å². The summed E-state index contributed by atoms with van der Waals surface area (Å²) in [5.74, 6) is -0.907. The van der Waals surface area contributed by atoms with Crippen LogP contribution in [-0.4, -0.2) is 48.1 Å². The number of imide groups is 1. The van der Waals surface area contributed by atoms with Crippen molar-refractivity contribution in [3.8, 4) is 0 Å². The summed E-state index contributed by atoms with van der Waals surface area (Å²) in [6.07, 6.45) is 1.36. The van der Waals surface area contributed by atoms with Crippen LogP contribution >= 0.6 is 0 Å². The largest absolute Gasteiger partial charge is 0.459 e. The highest BCUT2D eigenvalue weighted by molar-refractivity contribution is 6.03. The zero-order chi connectivity index (χ0) is 12.8. The van der Waals surface area contributed by atoms with Gasteiger partial charge in [0.15, 0.2) is 5.76 Å². The molecule has 1 rings (SSSR count). The Hall–Kier alpha value is -1.66. The van der Waals surface area contributed by atoms with Gasteiger partial charge in [-0.15, -0.1) is 0 Å². The molecule has 0 spiro atoms. The van der Waals surface area contributed by atoms with Crippen LogP contribution in [0.4, 0.5) is 0 Å². The molecule has 94 valence electrons. The number of hydrogen-bond acceptors (Lipinski definition) is 5. The molecule has 2 amide bonds. The molecule has 0 radical (unpaired) electrons. The first kappa shape index (κ1) is 13.4. The van der Waals surface area contributed by atoms with E-state index in [1.165, 1.54) is 12.3 Å². The first-order valence-corrected chi connectivity index (χ1v) is 5.23. The van der Waals surface area contributed by atoms with Gasteiger partial charge >= 0.3 is 0 Å². The fourth-order valence-electron chi connectivity index (χ4n) is 1.16. The molecule has 0 aliphatic rings. The molecule has 0 saturated carbocycles. The smallest absolute Gasteiger partial charge is 0.293 e. The van der Waals surface area contributed by atoms with Gasteiger partial charge < -0.3 is 9.52 Å². The van der Waals surface area contributed by atoms with Crippen molar-refractivity contribution in [3.63, 3.8) is 0 Å². The molecule has 1 unspecified atom stereocenters. The standard InChI is InChI=1S/C11H16N2O4/c1-8(7-14)13(2)6-10(15)12-11(16)9-4-3-5-17-9/h3-5,8,14H,6-7H2,1-2H3,(H,12,15,16). The van der Waals surface area contributed by atoms with Crippen LogP contribution in [0.5, 0.6) is 0 Å². The predicted octanol–water partition coefficient (Wildman–Crippen LogP) is -0.151. The van der Waals surface area contributed by atoms with E-state index in [1.54, 1.807) is 24.9 Å². The van der Waals surface area contributed by atoms with Gasteiger partial charge in [-0.2, -0.15) is 0 Å². The van der Waals surface area contributed by atoms with Gasteiger partial charge in [0.05, 0.1) is 19.4 Å². The third kappa shape index (κ3) is 4.01. The summed E-state index contributed by atoms with van der Waals surface area (Å²) >= 11 is 0. The summed E-state index contributed by atoms with van der Waals surface area (Å²) in [5.41, 5.74) is 0. The molecule has 1 heterocycles. The second-order valence-corrected chi connectivity index (χ2v) is 3.80. The third-order valence-electron chi connectivity index (χ3n) is 2.41. The summed E-state index contributed by atoms with van der Waals surface area (Å²) in [7, 11) is 1.69. The number of aliphatic hydroxyl groups excluding tert-OH is 1. The van der Waals surface area contributed by atoms with Crippen molar-refractivity contribution in [2.45, 2.75) is 13.0 Å². The fourth-order valence-corrected chi connectivity index (χ4v) is 1.16. The van der Waals surface area contributed by atoms with Gasteiger partial charge in [0.1, 0.15) is 0 Å². The molecule has 0 saturated heterocycles. The minimum Gasteiger partial charge on any atom is -0.459 e. The maximum atomic E-state index is 11.5. The number of nitrogens with one attached hydrogen (secondary N) is 1. The molecule has 6 heteroatoms. The first-order valence-electron chi connectivity index (χ1n) is 5.23. The fraction of sp³-hybridized carbons (Fsp3) is 0.455. The van der Waals surface area contributed by atoms with Crippen molar-refractivity contribution < 1.29 is 19.1 Å². The lowest BCUT2D eigenvalue weighted by Gasteiger charge is -2.21. The number of amides is 2. The molecule has 17 heavy (non-hydrogen) atoms. The van der Waals surface area contributed by atoms with Crippen LogP contribution in [0, 0.1) is 0 Å². The SMILES string of the molecule is CC(CO)N(C)CC(=O)NC(=O)c1ccco1. The summed E-state index contributed by atoms with van der Waals surface area (Å²) < 4.78 is 4.85. The van der Waals surface area contributed by atoms with Crippen LogP contribution in [0.3, 0.4) is 0 Å². The molecular weight excluding hydrogens is 224 g/mol. The van der Waals surface area contributed by atoms with E-state index in [0.29, 0.717) is 0 Å². The van der Waals surface area contributed by atoms with Crippen molar-refractivity contribution >= 4 is 11.8 Å². The summed E-state index contributed by atoms with van der Waals surface area (Å²) in [6.45, 7) is 1.77. The first-order chi connectivity index (χ1) is 8.04. The maximum Gasteiger partial charge on any atom is 0.293 e. The number of nitrogens with zero attached hydrogens (tertiary/aromatic N) is 1. The Morgan fingerprint density at radius 2 is 2.29 bits per heavy atom. The van der Waals surface area contributed by atoms with Crippen molar-refractivity contribution in [1.29, 1.82) is 0 Å². The molecule has 0 aliphatic carbocycles. The minimum atomic E-state index is -0.565. The normalized spacial score (nSPS) is 12.5. The van der Waals surface area contributed by atoms with E-state index in [0.717, 1.165) is 0 Å². The van der Waals surface area contributed by atoms with E-state index in [4.69, 9.17) is 9.52 Å². The Morgan fingerprint density at radius 1 is 1.59 bits per heavy atom. The van der Waals surface area contributed by atoms with E-state index in [1.807, 2.05) is 0 Å². The molecule has 2 N–H and O–H groups in total. The van der Waals surface area contributed by atoms with E-state index in [9.17, 15) is 9.59 Å². The second kappa shape index (κ2) is 6.17. The van der Waals surface area contributed by atoms with Gasteiger partial charge in [0, 0.05) is 6.04 Å². The van der Waals surface area contributed by atoms with Gasteiger partial charge in [-0.25, -0.2) is 0 Å². The maximum absolute atomic E-state index is 11.5. The van der Waals surface area contributed by atoms with Crippen molar-refractivity contribution in [2.24, 2.45) is 0 Å². The zero-order valence-corrected chi connectivity index (χ0v) is 9.84. The van der Waals surface area contributed by atoms with E-state index in [2.05, 4.69) is 5.32 Å². The quantitative estimate of drug-likeness (QED) is 0.747. The van der Waals surface area contributed by atoms with Crippen molar-refractivity contribution in [3.05, 3.63) is 24.2 Å². The third-order valence-corrected chi connectivity index (χ3v) is 2.41. The Balaban J connectivity index is 2.42. The average molecular weight is 240 g/mol. The Morgan fingerprint density at radius 3 is 2.82 bits per heavy atom. The molecule has 0 fully saturated rings. The van der Waals surface area contributed by atoms with Crippen LogP contribution in [0.2, 0.25) is 0 Å². The van der Waals surface area contributed by atoms with Crippen LogP contribution in [0.25, 0.3) is 0 Å². The molecule has 6 nitrogen and oxygen atoms in total. The van der Waals surface area contributed by atoms with Gasteiger partial charge in [0.25, 0.3) is 5.91 Å². The second-order valence-electron chi connectivity index (χ2n) is 3.80. The number of likely N-dealkylation sites (N-methyl/N-ethyl adjacent to an activating group) is 1. The van der Waals surface area contributed by atoms with Gasteiger partial charge in [-0.1, -0.05) is 0 Å². The highest BCUT2D eigenvalue weighted by atomic mass is 16.3. The van der Waals surface area contributed by atoms with Gasteiger partial charge in [-0.05, 0) is 26.1 Å². The van der Waals surface area contributed by atoms with E-state index < -0.39 is 11.8 Å². The lowest BCUT2D eigenvalue weighted by Crippen LogP contribution is -2.42. The zero-order valence-electron chi connectivity index (χ0n) is 9.84. The van der Waals surface area contributed by atoms with Crippen LogP contribution in [0.15, 0.2) is 22.8 Å². The lowest BCUT2D eigenvalue weighted by molar-refractivity contribution is -0.121. The highest BCUT2D eigenvalue weighted by Gasteiger charge is 2.16. The van der Waals surface area contributed by atoms with Crippen molar-refractivity contribution in [2.75, 3.05) is 20.2 Å². The van der Waals surface area contributed by atoms with Crippen LogP contribution < -0.4 is 5.32 Å². The Kier molecular flexibility index (Phi) is 4.86.